The molecule has 1 N–H and O–H groups in total. The maximum Gasteiger partial charge on any atom is 0.0983 e. The molecule has 0 aromatic carbocycles. The summed E-state index contributed by atoms with van der Waals surface area (Å²) < 4.78 is 3.69. The molecule has 0 aliphatic carbocycles. The van der Waals surface area contributed by atoms with Crippen molar-refractivity contribution >= 4 is 17.9 Å². The van der Waals surface area contributed by atoms with E-state index in [4.69, 9.17) is 0 Å². The third kappa shape index (κ3) is 1.40. The van der Waals surface area contributed by atoms with Gasteiger partial charge in [-0.1, -0.05) is 13.1 Å². The molecule has 1 aliphatic heterocycles. The minimum atomic E-state index is -0.296. The normalized spacial score (nSPS) is 42.0. The number of hydrogen-bond donors (Lipinski definition) is 1. The summed E-state index contributed by atoms with van der Waals surface area (Å²) in [6, 6.07) is 3.13. The predicted molar refractivity (Wildman–Crippen MR) is 38.8 cm³/mol. The molecule has 0 radical (unpaired) electrons. The maximum absolute atomic E-state index is 3.69. The average molecular weight is 131 g/mol. The van der Waals surface area contributed by atoms with Crippen LogP contribution < -0.4 is 4.65 Å². The van der Waals surface area contributed by atoms with Crippen molar-refractivity contribution in [3.8, 4) is 0 Å². The van der Waals surface area contributed by atoms with Crippen molar-refractivity contribution in [1.82, 2.24) is 4.65 Å². The third-order valence-corrected chi connectivity index (χ3v) is 9.22. The van der Waals surface area contributed by atoms with Crippen LogP contribution in [0.4, 0.5) is 0 Å². The zero-order valence-electron chi connectivity index (χ0n) is 5.07. The van der Waals surface area contributed by atoms with Gasteiger partial charge in [-0.3, -0.25) is 0 Å². The van der Waals surface area contributed by atoms with Gasteiger partial charge >= 0.3 is 0 Å². The molecule has 0 amide bonds. The van der Waals surface area contributed by atoms with Crippen LogP contribution in [0.25, 0.3) is 0 Å². The summed E-state index contributed by atoms with van der Waals surface area (Å²) in [6.45, 7) is 4.83. The van der Waals surface area contributed by atoms with Crippen LogP contribution in [-0.2, 0) is 0 Å². The van der Waals surface area contributed by atoms with E-state index in [2.05, 4.69) is 17.7 Å². The summed E-state index contributed by atoms with van der Waals surface area (Å²) in [5.74, 6) is 0. The van der Waals surface area contributed by atoms with Gasteiger partial charge in [0.15, 0.2) is 0 Å². The minimum Gasteiger partial charge on any atom is -0.364 e. The lowest BCUT2D eigenvalue weighted by Gasteiger charge is -1.99. The molecule has 0 aromatic heterocycles. The van der Waals surface area contributed by atoms with Crippen molar-refractivity contribution in [2.45, 2.75) is 25.2 Å². The lowest BCUT2D eigenvalue weighted by Crippen LogP contribution is -2.31. The highest BCUT2D eigenvalue weighted by atomic mass is 28.4. The van der Waals surface area contributed by atoms with Crippen molar-refractivity contribution in [2.75, 3.05) is 0 Å². The Kier molecular flexibility index (Phi) is 1.66. The number of rotatable bonds is 0. The molecule has 0 aromatic rings. The van der Waals surface area contributed by atoms with E-state index in [1.165, 1.54) is 0 Å². The molecule has 1 rings (SSSR count). The minimum absolute atomic E-state index is 0.296. The predicted octanol–water partition coefficient (Wildman–Crippen LogP) is 0.297. The summed E-state index contributed by atoms with van der Waals surface area (Å²) in [5.41, 5.74) is 0. The first-order valence-corrected chi connectivity index (χ1v) is 8.15. The largest absolute Gasteiger partial charge is 0.364 e. The Morgan fingerprint density at radius 2 is 1.57 bits per heavy atom. The van der Waals surface area contributed by atoms with E-state index in [0.717, 1.165) is 0 Å². The highest BCUT2D eigenvalue weighted by Gasteiger charge is 2.17. The maximum atomic E-state index is 3.69. The van der Waals surface area contributed by atoms with E-state index in [9.17, 15) is 0 Å². The average Bonchev–Trinajstić information content (AvgIpc) is 1.87. The summed E-state index contributed by atoms with van der Waals surface area (Å²) in [7, 11) is -0.591. The second-order valence-electron chi connectivity index (χ2n) is 2.55. The van der Waals surface area contributed by atoms with E-state index in [0.29, 0.717) is 0 Å². The van der Waals surface area contributed by atoms with E-state index < -0.39 is 0 Å². The van der Waals surface area contributed by atoms with Gasteiger partial charge in [0, 0.05) is 0 Å². The first kappa shape index (κ1) is 5.53. The van der Waals surface area contributed by atoms with Crippen LogP contribution >= 0.6 is 0 Å². The molecular formula is C4H13NSi2. The molecule has 3 heteroatoms. The van der Waals surface area contributed by atoms with Gasteiger partial charge in [0.1, 0.15) is 0 Å². The topological polar surface area (TPSA) is 12.0 Å². The molecule has 1 saturated heterocycles. The second-order valence-corrected chi connectivity index (χ2v) is 8.64. The first-order valence-electron chi connectivity index (χ1n) is 3.05. The molecule has 0 spiro atoms. The van der Waals surface area contributed by atoms with Crippen LogP contribution in [0.2, 0.25) is 25.2 Å². The molecule has 0 saturated carbocycles. The standard InChI is InChI=1S/C4H13NSi2/c1-6-3-4-7(2)5-6/h5-7H,3-4H2,1-2H3. The second kappa shape index (κ2) is 2.11. The van der Waals surface area contributed by atoms with Gasteiger partial charge in [-0.25, -0.2) is 0 Å². The van der Waals surface area contributed by atoms with Crippen molar-refractivity contribution in [3.63, 3.8) is 0 Å². The Morgan fingerprint density at radius 1 is 1.14 bits per heavy atom. The van der Waals surface area contributed by atoms with Crippen LogP contribution in [0.1, 0.15) is 0 Å². The fraction of sp³-hybridized carbons (Fsp3) is 1.00. The smallest absolute Gasteiger partial charge is 0.0983 e. The van der Waals surface area contributed by atoms with Crippen molar-refractivity contribution < 1.29 is 0 Å². The highest BCUT2D eigenvalue weighted by Crippen LogP contribution is 2.07. The van der Waals surface area contributed by atoms with E-state index in [1.54, 1.807) is 12.1 Å². The Hall–Kier alpha value is 0.394. The van der Waals surface area contributed by atoms with Gasteiger partial charge in [0.2, 0.25) is 0 Å². The molecule has 1 nitrogen and oxygen atoms in total. The molecule has 0 bridgehead atoms. The Morgan fingerprint density at radius 3 is 1.71 bits per heavy atom. The molecule has 2 unspecified atom stereocenters. The van der Waals surface area contributed by atoms with Crippen LogP contribution in [0, 0.1) is 0 Å². The fourth-order valence-corrected chi connectivity index (χ4v) is 10.4. The lowest BCUT2D eigenvalue weighted by molar-refractivity contribution is 1.41. The Bertz CT molecular complexity index is 58.7. The van der Waals surface area contributed by atoms with Gasteiger partial charge < -0.3 is 4.65 Å². The van der Waals surface area contributed by atoms with E-state index in [-0.39, 0.29) is 17.9 Å². The number of hydrogen-bond acceptors (Lipinski definition) is 1. The monoisotopic (exact) mass is 131 g/mol. The summed E-state index contributed by atoms with van der Waals surface area (Å²) in [5, 5.41) is 0. The lowest BCUT2D eigenvalue weighted by atomic mass is 10.9. The van der Waals surface area contributed by atoms with Crippen LogP contribution in [0.15, 0.2) is 0 Å². The molecule has 42 valence electrons. The van der Waals surface area contributed by atoms with Gasteiger partial charge in [0.05, 0.1) is 17.9 Å². The summed E-state index contributed by atoms with van der Waals surface area (Å²) in [4.78, 5) is 0. The molecular weight excluding hydrogens is 118 g/mol. The zero-order chi connectivity index (χ0) is 5.28. The van der Waals surface area contributed by atoms with E-state index >= 15 is 0 Å². The Labute approximate surface area is 48.5 Å². The third-order valence-electron chi connectivity index (χ3n) is 1.60. The Balaban J connectivity index is 2.26. The van der Waals surface area contributed by atoms with E-state index in [1.807, 2.05) is 0 Å². The summed E-state index contributed by atoms with van der Waals surface area (Å²) in [6.07, 6.45) is 0. The molecule has 1 aliphatic rings. The van der Waals surface area contributed by atoms with Crippen LogP contribution in [-0.4, -0.2) is 17.9 Å². The molecule has 7 heavy (non-hydrogen) atoms. The van der Waals surface area contributed by atoms with Crippen molar-refractivity contribution in [2.24, 2.45) is 0 Å². The quantitative estimate of drug-likeness (QED) is 0.466. The van der Waals surface area contributed by atoms with Crippen LogP contribution in [0.5, 0.6) is 0 Å². The van der Waals surface area contributed by atoms with Crippen LogP contribution in [0.3, 0.4) is 0 Å². The van der Waals surface area contributed by atoms with Gasteiger partial charge in [-0.15, -0.1) is 0 Å². The SMILES string of the molecule is C[SiH]1CC[SiH](C)N1. The van der Waals surface area contributed by atoms with Crippen molar-refractivity contribution in [3.05, 3.63) is 0 Å². The molecule has 1 fully saturated rings. The first-order chi connectivity index (χ1) is 3.29. The van der Waals surface area contributed by atoms with Gasteiger partial charge in [-0.2, -0.15) is 0 Å². The van der Waals surface area contributed by atoms with Crippen molar-refractivity contribution in [1.29, 1.82) is 0 Å². The highest BCUT2D eigenvalue weighted by molar-refractivity contribution is 6.76. The van der Waals surface area contributed by atoms with Gasteiger partial charge in [0.25, 0.3) is 0 Å². The molecule has 2 atom stereocenters. The fourth-order valence-electron chi connectivity index (χ4n) is 1.15. The zero-order valence-corrected chi connectivity index (χ0v) is 7.38. The molecule has 1 heterocycles. The van der Waals surface area contributed by atoms with Gasteiger partial charge in [-0.05, 0) is 12.1 Å². The summed E-state index contributed by atoms with van der Waals surface area (Å²) >= 11 is 0. The number of nitrogens with one attached hydrogen (secondary N) is 1.